The van der Waals surface area contributed by atoms with E-state index in [4.69, 9.17) is 4.74 Å². The summed E-state index contributed by atoms with van der Waals surface area (Å²) >= 11 is 0. The normalized spacial score (nSPS) is 30.1. The number of amides is 1. The van der Waals surface area contributed by atoms with Gasteiger partial charge in [-0.3, -0.25) is 0 Å². The molecule has 2 aliphatic rings. The Morgan fingerprint density at radius 2 is 1.96 bits per heavy atom. The highest BCUT2D eigenvalue weighted by atomic mass is 16.6. The molecule has 2 rings (SSSR count). The molecule has 4 heteroatoms. The van der Waals surface area contributed by atoms with E-state index in [1.807, 2.05) is 31.7 Å². The number of hydrogen-bond acceptors (Lipinski definition) is 3. The third-order valence-corrected chi connectivity index (χ3v) is 5.07. The summed E-state index contributed by atoms with van der Waals surface area (Å²) in [5.41, 5.74) is -0.425. The Labute approximate surface area is 141 Å². The number of nitrogens with one attached hydrogen (secondary N) is 1. The van der Waals surface area contributed by atoms with Gasteiger partial charge in [-0.25, -0.2) is 4.79 Å². The van der Waals surface area contributed by atoms with Crippen molar-refractivity contribution in [2.24, 2.45) is 5.92 Å². The average molecular weight is 322 g/mol. The average Bonchev–Trinajstić information content (AvgIpc) is 2.95. The van der Waals surface area contributed by atoms with E-state index in [9.17, 15) is 4.79 Å². The molecule has 4 unspecified atom stereocenters. The molecule has 1 heterocycles. The summed E-state index contributed by atoms with van der Waals surface area (Å²) in [6.07, 6.45) is 8.95. The first-order valence-corrected chi connectivity index (χ1v) is 9.20. The van der Waals surface area contributed by atoms with Crippen LogP contribution in [0.1, 0.15) is 66.2 Å². The zero-order valence-corrected chi connectivity index (χ0v) is 15.3. The van der Waals surface area contributed by atoms with Crippen molar-refractivity contribution in [1.82, 2.24) is 10.2 Å². The maximum absolute atomic E-state index is 12.6. The Bertz CT molecular complexity index is 416. The lowest BCUT2D eigenvalue weighted by atomic mass is 9.78. The highest BCUT2D eigenvalue weighted by molar-refractivity contribution is 5.69. The maximum Gasteiger partial charge on any atom is 0.410 e. The number of rotatable bonds is 4. The third-order valence-electron chi connectivity index (χ3n) is 5.07. The zero-order valence-electron chi connectivity index (χ0n) is 15.3. The molecule has 1 amide bonds. The van der Waals surface area contributed by atoms with Crippen molar-refractivity contribution in [3.63, 3.8) is 0 Å². The third kappa shape index (κ3) is 4.97. The summed E-state index contributed by atoms with van der Waals surface area (Å²) in [7, 11) is 0. The second kappa shape index (κ2) is 7.69. The summed E-state index contributed by atoms with van der Waals surface area (Å²) in [5, 5.41) is 3.71. The van der Waals surface area contributed by atoms with Crippen LogP contribution in [0.3, 0.4) is 0 Å². The van der Waals surface area contributed by atoms with Gasteiger partial charge in [0.2, 0.25) is 0 Å². The monoisotopic (exact) mass is 322 g/mol. The van der Waals surface area contributed by atoms with Gasteiger partial charge in [0.15, 0.2) is 0 Å². The van der Waals surface area contributed by atoms with Crippen LogP contribution in [0.5, 0.6) is 0 Å². The first kappa shape index (κ1) is 18.3. The minimum atomic E-state index is -0.425. The highest BCUT2D eigenvalue weighted by Gasteiger charge is 2.41. The number of carbonyl (C=O) groups excluding carboxylic acids is 1. The number of likely N-dealkylation sites (tertiary alicyclic amines) is 1. The van der Waals surface area contributed by atoms with Crippen LogP contribution < -0.4 is 5.32 Å². The fourth-order valence-corrected chi connectivity index (χ4v) is 4.02. The van der Waals surface area contributed by atoms with Crippen LogP contribution in [-0.4, -0.2) is 41.3 Å². The van der Waals surface area contributed by atoms with Crippen molar-refractivity contribution in [1.29, 1.82) is 0 Å². The van der Waals surface area contributed by atoms with Gasteiger partial charge in [0.1, 0.15) is 5.60 Å². The lowest BCUT2D eigenvalue weighted by Crippen LogP contribution is -2.52. The molecule has 0 aromatic carbocycles. The molecule has 132 valence electrons. The second-order valence-electron chi connectivity index (χ2n) is 8.13. The molecule has 1 saturated heterocycles. The smallest absolute Gasteiger partial charge is 0.410 e. The van der Waals surface area contributed by atoms with E-state index in [1.165, 1.54) is 25.7 Å². The molecule has 1 saturated carbocycles. The summed E-state index contributed by atoms with van der Waals surface area (Å²) in [5.74, 6) is 0.529. The quantitative estimate of drug-likeness (QED) is 0.792. The molecule has 23 heavy (non-hydrogen) atoms. The van der Waals surface area contributed by atoms with Gasteiger partial charge in [0.25, 0.3) is 0 Å². The zero-order chi connectivity index (χ0) is 17.0. The van der Waals surface area contributed by atoms with Crippen LogP contribution in [0, 0.1) is 5.92 Å². The number of carbonyl (C=O) groups is 1. The first-order valence-electron chi connectivity index (χ1n) is 9.20. The molecule has 1 aliphatic carbocycles. The SMILES string of the molecule is C=CC(C)NC1CCCCC1C1CCCN1C(=O)OC(C)(C)C. The van der Waals surface area contributed by atoms with Crippen molar-refractivity contribution in [2.75, 3.05) is 6.54 Å². The second-order valence-corrected chi connectivity index (χ2v) is 8.13. The molecular formula is C19H34N2O2. The summed E-state index contributed by atoms with van der Waals surface area (Å²) in [6, 6.07) is 1.11. The van der Waals surface area contributed by atoms with Gasteiger partial charge in [-0.05, 0) is 59.3 Å². The Morgan fingerprint density at radius 3 is 2.61 bits per heavy atom. The van der Waals surface area contributed by atoms with E-state index >= 15 is 0 Å². The van der Waals surface area contributed by atoms with Crippen molar-refractivity contribution in [2.45, 2.75) is 89.9 Å². The van der Waals surface area contributed by atoms with Gasteiger partial charge >= 0.3 is 6.09 Å². The van der Waals surface area contributed by atoms with Crippen LogP contribution in [0.15, 0.2) is 12.7 Å². The molecule has 0 bridgehead atoms. The molecule has 1 aliphatic heterocycles. The van der Waals surface area contributed by atoms with E-state index in [1.54, 1.807) is 0 Å². The topological polar surface area (TPSA) is 41.6 Å². The predicted molar refractivity (Wildman–Crippen MR) is 94.5 cm³/mol. The maximum atomic E-state index is 12.6. The molecule has 1 N–H and O–H groups in total. The molecule has 4 nitrogen and oxygen atoms in total. The fraction of sp³-hybridized carbons (Fsp3) is 0.842. The van der Waals surface area contributed by atoms with E-state index in [2.05, 4.69) is 18.8 Å². The summed E-state index contributed by atoms with van der Waals surface area (Å²) in [6.45, 7) is 12.7. The van der Waals surface area contributed by atoms with E-state index < -0.39 is 5.60 Å². The van der Waals surface area contributed by atoms with Crippen LogP contribution >= 0.6 is 0 Å². The largest absolute Gasteiger partial charge is 0.444 e. The fourth-order valence-electron chi connectivity index (χ4n) is 4.02. The lowest BCUT2D eigenvalue weighted by molar-refractivity contribution is 0.0131. The Balaban J connectivity index is 2.06. The standard InChI is InChI=1S/C19H34N2O2/c1-6-14(2)20-16-11-8-7-10-15(16)17-12-9-13-21(17)18(22)23-19(3,4)5/h6,14-17,20H,1,7-13H2,2-5H3. The molecule has 0 aromatic rings. The van der Waals surface area contributed by atoms with Gasteiger partial charge in [-0.15, -0.1) is 6.58 Å². The van der Waals surface area contributed by atoms with E-state index in [0.29, 0.717) is 24.0 Å². The minimum Gasteiger partial charge on any atom is -0.444 e. The number of nitrogens with zero attached hydrogens (tertiary/aromatic N) is 1. The van der Waals surface area contributed by atoms with Crippen molar-refractivity contribution < 1.29 is 9.53 Å². The van der Waals surface area contributed by atoms with Gasteiger partial charge in [0.05, 0.1) is 0 Å². The lowest BCUT2D eigenvalue weighted by Gasteiger charge is -2.41. The Morgan fingerprint density at radius 1 is 1.26 bits per heavy atom. The van der Waals surface area contributed by atoms with Gasteiger partial charge in [-0.1, -0.05) is 18.9 Å². The Hall–Kier alpha value is -1.03. The van der Waals surface area contributed by atoms with Crippen molar-refractivity contribution >= 4 is 6.09 Å². The van der Waals surface area contributed by atoms with Crippen LogP contribution in [-0.2, 0) is 4.74 Å². The first-order chi connectivity index (χ1) is 10.8. The molecule has 0 aromatic heterocycles. The minimum absolute atomic E-state index is 0.138. The molecule has 2 fully saturated rings. The van der Waals surface area contributed by atoms with Gasteiger partial charge in [0, 0.05) is 24.7 Å². The Kier molecular flexibility index (Phi) is 6.12. The van der Waals surface area contributed by atoms with Crippen LogP contribution in [0.2, 0.25) is 0 Å². The number of hydrogen-bond donors (Lipinski definition) is 1. The van der Waals surface area contributed by atoms with Crippen molar-refractivity contribution in [3.05, 3.63) is 12.7 Å². The van der Waals surface area contributed by atoms with E-state index in [0.717, 1.165) is 19.4 Å². The van der Waals surface area contributed by atoms with Gasteiger partial charge < -0.3 is 15.0 Å². The summed E-state index contributed by atoms with van der Waals surface area (Å²) < 4.78 is 5.63. The van der Waals surface area contributed by atoms with Crippen LogP contribution in [0.25, 0.3) is 0 Å². The van der Waals surface area contributed by atoms with Gasteiger partial charge in [-0.2, -0.15) is 0 Å². The van der Waals surface area contributed by atoms with E-state index in [-0.39, 0.29) is 6.09 Å². The molecule has 0 radical (unpaired) electrons. The molecule has 4 atom stereocenters. The van der Waals surface area contributed by atoms with Crippen LogP contribution in [0.4, 0.5) is 4.79 Å². The molecular weight excluding hydrogens is 288 g/mol. The predicted octanol–water partition coefficient (Wildman–Crippen LogP) is 4.11. The highest BCUT2D eigenvalue weighted by Crippen LogP contribution is 2.35. The van der Waals surface area contributed by atoms with Crippen molar-refractivity contribution in [3.8, 4) is 0 Å². The number of ether oxygens (including phenoxy) is 1. The molecule has 0 spiro atoms. The summed E-state index contributed by atoms with van der Waals surface area (Å²) in [4.78, 5) is 14.6.